The molecule has 1 fully saturated rings. The summed E-state index contributed by atoms with van der Waals surface area (Å²) in [5.74, 6) is 0.843. The Morgan fingerprint density at radius 3 is 2.95 bits per heavy atom. The predicted molar refractivity (Wildman–Crippen MR) is 87.6 cm³/mol. The summed E-state index contributed by atoms with van der Waals surface area (Å²) in [5, 5.41) is 3.87. The van der Waals surface area contributed by atoms with Gasteiger partial charge in [-0.1, -0.05) is 11.6 Å². The van der Waals surface area contributed by atoms with Crippen LogP contribution < -0.4 is 10.1 Å². The van der Waals surface area contributed by atoms with E-state index >= 15 is 0 Å². The monoisotopic (exact) mass is 332 g/mol. The first-order chi connectivity index (χ1) is 9.63. The van der Waals surface area contributed by atoms with Crippen molar-refractivity contribution in [1.29, 1.82) is 0 Å². The molecule has 21 heavy (non-hydrogen) atoms. The molecule has 1 aliphatic rings. The number of nitrogens with zero attached hydrogens (tertiary/aromatic N) is 1. The predicted octanol–water partition coefficient (Wildman–Crippen LogP) is 2.52. The second-order valence-corrected chi connectivity index (χ2v) is 5.54. The molecule has 1 aromatic rings. The number of ether oxygens (including phenoxy) is 1. The van der Waals surface area contributed by atoms with Gasteiger partial charge in [-0.2, -0.15) is 0 Å². The van der Waals surface area contributed by atoms with E-state index in [0.29, 0.717) is 23.2 Å². The molecule has 1 aliphatic heterocycles. The summed E-state index contributed by atoms with van der Waals surface area (Å²) in [6.07, 6.45) is 2.50. The van der Waals surface area contributed by atoms with Crippen molar-refractivity contribution >= 4 is 29.9 Å². The lowest BCUT2D eigenvalue weighted by Gasteiger charge is -2.32. The summed E-state index contributed by atoms with van der Waals surface area (Å²) in [5.41, 5.74) is 0.844. The van der Waals surface area contributed by atoms with Crippen molar-refractivity contribution in [2.45, 2.75) is 25.3 Å². The SMILES string of the molecule is CNC1CCCN(C(=O)Cc2cc(Cl)ccc2OC)C1.Cl. The minimum absolute atomic E-state index is 0. The Kier molecular flexibility index (Phi) is 7.29. The molecule has 0 spiro atoms. The number of likely N-dealkylation sites (N-methyl/N-ethyl adjacent to an activating group) is 1. The second-order valence-electron chi connectivity index (χ2n) is 5.10. The van der Waals surface area contributed by atoms with Gasteiger partial charge in [0, 0.05) is 29.7 Å². The third kappa shape index (κ3) is 4.77. The Bertz CT molecular complexity index is 483. The molecule has 0 aliphatic carbocycles. The lowest BCUT2D eigenvalue weighted by atomic mass is 10.0. The molecular weight excluding hydrogens is 311 g/mol. The van der Waals surface area contributed by atoms with Crippen LogP contribution in [0, 0.1) is 0 Å². The number of carbonyl (C=O) groups is 1. The molecule has 1 unspecified atom stereocenters. The number of amides is 1. The molecular formula is C15H22Cl2N2O2. The van der Waals surface area contributed by atoms with E-state index in [1.165, 1.54) is 0 Å². The third-order valence-electron chi connectivity index (χ3n) is 3.77. The van der Waals surface area contributed by atoms with Gasteiger partial charge in [0.25, 0.3) is 0 Å². The summed E-state index contributed by atoms with van der Waals surface area (Å²) in [4.78, 5) is 14.3. The Balaban J connectivity index is 0.00000220. The highest BCUT2D eigenvalue weighted by molar-refractivity contribution is 6.30. The Labute approximate surface area is 137 Å². The van der Waals surface area contributed by atoms with Crippen LogP contribution in [0.2, 0.25) is 5.02 Å². The molecule has 1 saturated heterocycles. The maximum Gasteiger partial charge on any atom is 0.227 e. The quantitative estimate of drug-likeness (QED) is 0.921. The number of nitrogens with one attached hydrogen (secondary N) is 1. The standard InChI is InChI=1S/C15H21ClN2O2.ClH/c1-17-13-4-3-7-18(10-13)15(19)9-11-8-12(16)5-6-14(11)20-2;/h5-6,8,13,17H,3-4,7,9-10H2,1-2H3;1H. The van der Waals surface area contributed by atoms with Gasteiger partial charge in [-0.25, -0.2) is 0 Å². The number of hydrogen-bond donors (Lipinski definition) is 1. The van der Waals surface area contributed by atoms with E-state index in [1.54, 1.807) is 25.3 Å². The van der Waals surface area contributed by atoms with E-state index in [-0.39, 0.29) is 18.3 Å². The van der Waals surface area contributed by atoms with Crippen molar-refractivity contribution in [2.24, 2.45) is 0 Å². The lowest BCUT2D eigenvalue weighted by molar-refractivity contribution is -0.131. The summed E-state index contributed by atoms with van der Waals surface area (Å²) in [6.45, 7) is 1.61. The average Bonchev–Trinajstić information content (AvgIpc) is 2.47. The van der Waals surface area contributed by atoms with Gasteiger partial charge in [0.1, 0.15) is 5.75 Å². The van der Waals surface area contributed by atoms with Gasteiger partial charge in [-0.05, 0) is 38.1 Å². The molecule has 0 bridgehead atoms. The van der Waals surface area contributed by atoms with Crippen LogP contribution in [-0.2, 0) is 11.2 Å². The molecule has 1 heterocycles. The van der Waals surface area contributed by atoms with Gasteiger partial charge in [0.15, 0.2) is 0 Å². The Hall–Kier alpha value is -0.970. The zero-order chi connectivity index (χ0) is 14.5. The van der Waals surface area contributed by atoms with E-state index in [9.17, 15) is 4.79 Å². The highest BCUT2D eigenvalue weighted by Gasteiger charge is 2.23. The van der Waals surface area contributed by atoms with Crippen LogP contribution >= 0.6 is 24.0 Å². The number of piperidine rings is 1. The number of hydrogen-bond acceptors (Lipinski definition) is 3. The molecule has 118 valence electrons. The van der Waals surface area contributed by atoms with Crippen LogP contribution in [0.4, 0.5) is 0 Å². The molecule has 1 atom stereocenters. The van der Waals surface area contributed by atoms with Gasteiger partial charge < -0.3 is 15.0 Å². The van der Waals surface area contributed by atoms with Gasteiger partial charge in [0.2, 0.25) is 5.91 Å². The molecule has 0 saturated carbocycles. The highest BCUT2D eigenvalue weighted by Crippen LogP contribution is 2.24. The van der Waals surface area contributed by atoms with Crippen LogP contribution in [0.15, 0.2) is 18.2 Å². The van der Waals surface area contributed by atoms with Crippen LogP contribution in [0.1, 0.15) is 18.4 Å². The van der Waals surface area contributed by atoms with Crippen LogP contribution in [0.3, 0.4) is 0 Å². The molecule has 6 heteroatoms. The van der Waals surface area contributed by atoms with E-state index in [1.807, 2.05) is 11.9 Å². The highest BCUT2D eigenvalue weighted by atomic mass is 35.5. The minimum atomic E-state index is 0. The Morgan fingerprint density at radius 1 is 1.52 bits per heavy atom. The normalized spacial score (nSPS) is 18.0. The number of rotatable bonds is 4. The van der Waals surface area contributed by atoms with E-state index in [0.717, 1.165) is 31.5 Å². The second kappa shape index (κ2) is 8.47. The number of benzene rings is 1. The summed E-state index contributed by atoms with van der Waals surface area (Å²) in [7, 11) is 3.55. The topological polar surface area (TPSA) is 41.6 Å². The fourth-order valence-electron chi connectivity index (χ4n) is 2.60. The van der Waals surface area contributed by atoms with Gasteiger partial charge in [-0.3, -0.25) is 4.79 Å². The van der Waals surface area contributed by atoms with Gasteiger partial charge >= 0.3 is 0 Å². The first-order valence-corrected chi connectivity index (χ1v) is 7.29. The molecule has 0 aromatic heterocycles. The average molecular weight is 333 g/mol. The van der Waals surface area contributed by atoms with E-state index < -0.39 is 0 Å². The molecule has 2 rings (SSSR count). The van der Waals surface area contributed by atoms with Crippen LogP contribution in [-0.4, -0.2) is 44.1 Å². The number of methoxy groups -OCH3 is 1. The number of halogens is 2. The maximum absolute atomic E-state index is 12.4. The van der Waals surface area contributed by atoms with Crippen molar-refractivity contribution in [2.75, 3.05) is 27.2 Å². The molecule has 4 nitrogen and oxygen atoms in total. The molecule has 1 aromatic carbocycles. The first-order valence-electron chi connectivity index (χ1n) is 6.91. The van der Waals surface area contributed by atoms with Crippen molar-refractivity contribution in [3.05, 3.63) is 28.8 Å². The van der Waals surface area contributed by atoms with Gasteiger partial charge in [0.05, 0.1) is 13.5 Å². The fraction of sp³-hybridized carbons (Fsp3) is 0.533. The zero-order valence-electron chi connectivity index (χ0n) is 12.4. The molecule has 1 amide bonds. The largest absolute Gasteiger partial charge is 0.496 e. The summed E-state index contributed by atoms with van der Waals surface area (Å²) < 4.78 is 5.29. The van der Waals surface area contributed by atoms with Crippen molar-refractivity contribution < 1.29 is 9.53 Å². The maximum atomic E-state index is 12.4. The van der Waals surface area contributed by atoms with Crippen LogP contribution in [0.25, 0.3) is 0 Å². The summed E-state index contributed by atoms with van der Waals surface area (Å²) in [6, 6.07) is 5.77. The Morgan fingerprint density at radius 2 is 2.29 bits per heavy atom. The number of likely N-dealkylation sites (tertiary alicyclic amines) is 1. The lowest BCUT2D eigenvalue weighted by Crippen LogP contribution is -2.47. The molecule has 0 radical (unpaired) electrons. The van der Waals surface area contributed by atoms with Crippen LogP contribution in [0.5, 0.6) is 5.75 Å². The fourth-order valence-corrected chi connectivity index (χ4v) is 2.79. The summed E-state index contributed by atoms with van der Waals surface area (Å²) >= 11 is 6.00. The zero-order valence-corrected chi connectivity index (χ0v) is 14.0. The first kappa shape index (κ1) is 18.1. The molecule has 1 N–H and O–H groups in total. The van der Waals surface area contributed by atoms with Crippen molar-refractivity contribution in [3.63, 3.8) is 0 Å². The van der Waals surface area contributed by atoms with E-state index in [2.05, 4.69) is 5.32 Å². The van der Waals surface area contributed by atoms with Crippen molar-refractivity contribution in [1.82, 2.24) is 10.2 Å². The van der Waals surface area contributed by atoms with Gasteiger partial charge in [-0.15, -0.1) is 12.4 Å². The number of carbonyl (C=O) groups excluding carboxylic acids is 1. The van der Waals surface area contributed by atoms with Crippen molar-refractivity contribution in [3.8, 4) is 5.75 Å². The smallest absolute Gasteiger partial charge is 0.227 e. The minimum Gasteiger partial charge on any atom is -0.496 e. The third-order valence-corrected chi connectivity index (χ3v) is 4.00. The van der Waals surface area contributed by atoms with E-state index in [4.69, 9.17) is 16.3 Å².